The fourth-order valence-corrected chi connectivity index (χ4v) is 2.88. The first kappa shape index (κ1) is 17.9. The molecular weight excluding hydrogens is 280 g/mol. The van der Waals surface area contributed by atoms with Crippen molar-refractivity contribution in [2.45, 2.75) is 58.2 Å². The summed E-state index contributed by atoms with van der Waals surface area (Å²) in [5, 5.41) is 9.15. The highest BCUT2D eigenvalue weighted by Gasteiger charge is 2.38. The van der Waals surface area contributed by atoms with E-state index >= 15 is 0 Å². The summed E-state index contributed by atoms with van der Waals surface area (Å²) in [5.74, 6) is -0.892. The fraction of sp³-hybridized carbons (Fsp3) is 0.588. The molecule has 0 fully saturated rings. The predicted molar refractivity (Wildman–Crippen MR) is 89.6 cm³/mol. The van der Waals surface area contributed by atoms with E-state index in [1.54, 1.807) is 12.1 Å². The molecule has 3 nitrogen and oxygen atoms in total. The molecule has 21 heavy (non-hydrogen) atoms. The number of benzene rings is 1. The van der Waals surface area contributed by atoms with Crippen LogP contribution in [0.5, 0.6) is 0 Å². The minimum absolute atomic E-state index is 0.132. The second-order valence-electron chi connectivity index (χ2n) is 7.82. The van der Waals surface area contributed by atoms with Crippen molar-refractivity contribution in [1.29, 1.82) is 0 Å². The molecule has 1 aromatic rings. The van der Waals surface area contributed by atoms with Crippen LogP contribution in [0.4, 0.5) is 0 Å². The number of aromatic carboxylic acids is 1. The van der Waals surface area contributed by atoms with Crippen molar-refractivity contribution in [3.63, 3.8) is 0 Å². The van der Waals surface area contributed by atoms with Gasteiger partial charge in [-0.3, -0.25) is 0 Å². The Morgan fingerprint density at radius 3 is 1.95 bits per heavy atom. The van der Waals surface area contributed by atoms with Gasteiger partial charge in [0, 0.05) is 12.0 Å². The molecule has 0 unspecified atom stereocenters. The number of rotatable bonds is 5. The maximum absolute atomic E-state index is 10.9. The maximum Gasteiger partial charge on any atom is 0.335 e. The summed E-state index contributed by atoms with van der Waals surface area (Å²) < 4.78 is 6.31. The average Bonchev–Trinajstić information content (AvgIpc) is 2.35. The molecule has 0 spiro atoms. The Bertz CT molecular complexity index is 496. The van der Waals surface area contributed by atoms with Crippen LogP contribution in [0.2, 0.25) is 18.1 Å². The topological polar surface area (TPSA) is 46.5 Å². The molecule has 0 bridgehead atoms. The number of carbonyl (C=O) groups is 1. The monoisotopic (exact) mass is 308 g/mol. The zero-order chi connectivity index (χ0) is 16.5. The van der Waals surface area contributed by atoms with Gasteiger partial charge in [0.05, 0.1) is 5.56 Å². The van der Waals surface area contributed by atoms with Crippen molar-refractivity contribution in [3.8, 4) is 0 Å². The minimum atomic E-state index is -1.77. The van der Waals surface area contributed by atoms with Gasteiger partial charge < -0.3 is 9.53 Å². The second kappa shape index (κ2) is 5.93. The summed E-state index contributed by atoms with van der Waals surface area (Å²) in [7, 11) is -1.77. The third kappa shape index (κ3) is 4.42. The first-order valence-electron chi connectivity index (χ1n) is 7.35. The quantitative estimate of drug-likeness (QED) is 0.803. The molecule has 1 rings (SSSR count). The molecule has 4 heteroatoms. The Balaban J connectivity index is 2.84. The van der Waals surface area contributed by atoms with Crippen molar-refractivity contribution in [2.75, 3.05) is 6.61 Å². The smallest absolute Gasteiger partial charge is 0.335 e. The van der Waals surface area contributed by atoms with Gasteiger partial charge in [-0.25, -0.2) is 4.79 Å². The van der Waals surface area contributed by atoms with Crippen molar-refractivity contribution >= 4 is 14.3 Å². The van der Waals surface area contributed by atoms with Crippen LogP contribution in [0.25, 0.3) is 0 Å². The lowest BCUT2D eigenvalue weighted by molar-refractivity contribution is 0.0697. The Morgan fingerprint density at radius 1 is 1.10 bits per heavy atom. The number of hydrogen-bond acceptors (Lipinski definition) is 2. The molecule has 0 aliphatic rings. The third-order valence-electron chi connectivity index (χ3n) is 4.51. The lowest BCUT2D eigenvalue weighted by Crippen LogP contribution is -2.43. The van der Waals surface area contributed by atoms with Crippen molar-refractivity contribution in [2.24, 2.45) is 0 Å². The molecule has 0 aromatic heterocycles. The van der Waals surface area contributed by atoms with E-state index in [4.69, 9.17) is 9.53 Å². The molecule has 1 aromatic carbocycles. The van der Waals surface area contributed by atoms with Crippen molar-refractivity contribution in [3.05, 3.63) is 35.4 Å². The number of hydrogen-bond donors (Lipinski definition) is 1. The van der Waals surface area contributed by atoms with Gasteiger partial charge in [-0.05, 0) is 35.8 Å². The van der Waals surface area contributed by atoms with E-state index in [1.165, 1.54) is 0 Å². The lowest BCUT2D eigenvalue weighted by Gasteiger charge is -2.39. The summed E-state index contributed by atoms with van der Waals surface area (Å²) in [4.78, 5) is 10.9. The third-order valence-corrected chi connectivity index (χ3v) is 8.99. The standard InChI is InChI=1S/C17H28O3Si/c1-16(2,3)21(6,7)20-12-17(4,5)14-10-8-13(9-11-14)15(18)19/h8-11H,12H2,1-7H3,(H,18,19). The van der Waals surface area contributed by atoms with Crippen LogP contribution in [-0.4, -0.2) is 26.0 Å². The van der Waals surface area contributed by atoms with E-state index in [1.807, 2.05) is 12.1 Å². The first-order valence-corrected chi connectivity index (χ1v) is 10.3. The first-order chi connectivity index (χ1) is 9.37. The van der Waals surface area contributed by atoms with Gasteiger partial charge in [-0.15, -0.1) is 0 Å². The van der Waals surface area contributed by atoms with Gasteiger partial charge in [-0.1, -0.05) is 46.8 Å². The highest BCUT2D eigenvalue weighted by Crippen LogP contribution is 2.38. The van der Waals surface area contributed by atoms with Crippen LogP contribution in [0.15, 0.2) is 24.3 Å². The van der Waals surface area contributed by atoms with Crippen molar-refractivity contribution < 1.29 is 14.3 Å². The van der Waals surface area contributed by atoms with Crippen LogP contribution in [0.3, 0.4) is 0 Å². The molecule has 118 valence electrons. The van der Waals surface area contributed by atoms with Gasteiger partial charge in [0.1, 0.15) is 0 Å². The van der Waals surface area contributed by atoms with Crippen molar-refractivity contribution in [1.82, 2.24) is 0 Å². The van der Waals surface area contributed by atoms with Crippen LogP contribution in [0, 0.1) is 0 Å². The van der Waals surface area contributed by atoms with Crippen LogP contribution >= 0.6 is 0 Å². The van der Waals surface area contributed by atoms with E-state index in [-0.39, 0.29) is 10.5 Å². The Morgan fingerprint density at radius 2 is 1.57 bits per heavy atom. The van der Waals surface area contributed by atoms with E-state index in [0.717, 1.165) is 5.56 Å². The van der Waals surface area contributed by atoms with Gasteiger partial charge in [0.2, 0.25) is 0 Å². The largest absolute Gasteiger partial charge is 0.478 e. The summed E-state index contributed by atoms with van der Waals surface area (Å²) >= 11 is 0. The molecular formula is C17H28O3Si. The van der Waals surface area contributed by atoms with E-state index in [2.05, 4.69) is 47.7 Å². The molecule has 0 radical (unpaired) electrons. The summed E-state index contributed by atoms with van der Waals surface area (Å²) in [5.41, 5.74) is 1.29. The van der Waals surface area contributed by atoms with Gasteiger partial charge in [0.25, 0.3) is 0 Å². The van der Waals surface area contributed by atoms with E-state index in [0.29, 0.717) is 12.2 Å². The van der Waals surface area contributed by atoms with Crippen LogP contribution < -0.4 is 0 Å². The number of carboxylic acids is 1. The molecule has 0 heterocycles. The van der Waals surface area contributed by atoms with Gasteiger partial charge in [-0.2, -0.15) is 0 Å². The molecule has 0 aliphatic heterocycles. The Kier molecular flexibility index (Phi) is 5.06. The molecule has 0 amide bonds. The van der Waals surface area contributed by atoms with E-state index < -0.39 is 14.3 Å². The summed E-state index contributed by atoms with van der Waals surface area (Å²) in [6.45, 7) is 16.1. The second-order valence-corrected chi connectivity index (χ2v) is 12.6. The highest BCUT2D eigenvalue weighted by molar-refractivity contribution is 6.74. The van der Waals surface area contributed by atoms with E-state index in [9.17, 15) is 4.79 Å². The molecule has 0 aliphatic carbocycles. The molecule has 0 saturated carbocycles. The Hall–Kier alpha value is -1.13. The zero-order valence-electron chi connectivity index (χ0n) is 14.3. The van der Waals surface area contributed by atoms with Gasteiger partial charge in [0.15, 0.2) is 8.32 Å². The van der Waals surface area contributed by atoms with Gasteiger partial charge >= 0.3 is 5.97 Å². The predicted octanol–water partition coefficient (Wildman–Crippen LogP) is 4.68. The highest BCUT2D eigenvalue weighted by atomic mass is 28.4. The molecule has 0 saturated heterocycles. The molecule has 0 atom stereocenters. The number of carboxylic acid groups (broad SMARTS) is 1. The normalized spacial score (nSPS) is 13.3. The van der Waals surface area contributed by atoms with Crippen LogP contribution in [0.1, 0.15) is 50.5 Å². The summed E-state index contributed by atoms with van der Waals surface area (Å²) in [6, 6.07) is 7.09. The minimum Gasteiger partial charge on any atom is -0.478 e. The SMILES string of the molecule is CC(C)(CO[Si](C)(C)C(C)(C)C)c1ccc(C(=O)O)cc1. The van der Waals surface area contributed by atoms with Crippen LogP contribution in [-0.2, 0) is 9.84 Å². The zero-order valence-corrected chi connectivity index (χ0v) is 15.3. The average molecular weight is 308 g/mol. The molecule has 1 N–H and O–H groups in total. The Labute approximate surface area is 129 Å². The summed E-state index contributed by atoms with van der Waals surface area (Å²) in [6.07, 6.45) is 0. The fourth-order valence-electron chi connectivity index (χ4n) is 1.72. The maximum atomic E-state index is 10.9. The lowest BCUT2D eigenvalue weighted by atomic mass is 9.85.